The zero-order valence-corrected chi connectivity index (χ0v) is 6.76. The zero-order valence-electron chi connectivity index (χ0n) is 6.76. The van der Waals surface area contributed by atoms with Crippen LogP contribution in [0.2, 0.25) is 0 Å². The van der Waals surface area contributed by atoms with Gasteiger partial charge in [-0.25, -0.2) is 4.39 Å². The highest BCUT2D eigenvalue weighted by Crippen LogP contribution is 2.11. The first-order valence-corrected chi connectivity index (χ1v) is 3.54. The van der Waals surface area contributed by atoms with E-state index in [1.807, 2.05) is 13.0 Å². The van der Waals surface area contributed by atoms with Crippen molar-refractivity contribution in [2.45, 2.75) is 13.5 Å². The van der Waals surface area contributed by atoms with Crippen LogP contribution in [0.3, 0.4) is 0 Å². The number of nitrogens with zero attached hydrogens (tertiary/aromatic N) is 1. The first kappa shape index (κ1) is 8.21. The lowest BCUT2D eigenvalue weighted by molar-refractivity contribution is 0.612. The second-order valence-electron chi connectivity index (χ2n) is 2.57. The Labute approximate surface area is 66.2 Å². The maximum absolute atomic E-state index is 13.0. The second-order valence-corrected chi connectivity index (χ2v) is 2.57. The molecule has 0 aliphatic heterocycles. The molecule has 0 bridgehead atoms. The van der Waals surface area contributed by atoms with Crippen LogP contribution in [-0.2, 0) is 6.54 Å². The molecule has 0 aliphatic rings. The summed E-state index contributed by atoms with van der Waals surface area (Å²) in [7, 11) is 1.68. The Bertz CT molecular complexity index is 245. The molecule has 11 heavy (non-hydrogen) atoms. The molecule has 0 atom stereocenters. The molecule has 1 rings (SSSR count). The number of hydrogen-bond acceptors (Lipinski definition) is 0. The molecule has 2 heteroatoms. The Kier molecular flexibility index (Phi) is 2.60. The van der Waals surface area contributed by atoms with Crippen molar-refractivity contribution >= 4 is 0 Å². The highest BCUT2D eigenvalue weighted by atomic mass is 19.1. The van der Waals surface area contributed by atoms with Crippen LogP contribution in [0.4, 0.5) is 4.39 Å². The SMILES string of the molecule is C[N-]Cc1ccc(C)cc1F. The van der Waals surface area contributed by atoms with E-state index in [-0.39, 0.29) is 5.82 Å². The second kappa shape index (κ2) is 3.49. The molecule has 0 heterocycles. The molecule has 0 radical (unpaired) electrons. The topological polar surface area (TPSA) is 14.1 Å². The molecule has 0 fully saturated rings. The van der Waals surface area contributed by atoms with Gasteiger partial charge in [-0.15, -0.1) is 6.54 Å². The van der Waals surface area contributed by atoms with Gasteiger partial charge in [0.2, 0.25) is 0 Å². The van der Waals surface area contributed by atoms with Crippen molar-refractivity contribution in [1.82, 2.24) is 0 Å². The van der Waals surface area contributed by atoms with Gasteiger partial charge < -0.3 is 5.32 Å². The fourth-order valence-electron chi connectivity index (χ4n) is 0.951. The quantitative estimate of drug-likeness (QED) is 0.618. The minimum Gasteiger partial charge on any atom is -0.661 e. The van der Waals surface area contributed by atoms with Crippen LogP contribution in [0.15, 0.2) is 18.2 Å². The predicted molar refractivity (Wildman–Crippen MR) is 44.1 cm³/mol. The summed E-state index contributed by atoms with van der Waals surface area (Å²) < 4.78 is 13.0. The molecule has 60 valence electrons. The Morgan fingerprint density at radius 3 is 2.73 bits per heavy atom. The van der Waals surface area contributed by atoms with Crippen LogP contribution in [0.5, 0.6) is 0 Å². The molecular formula is C9H11FN-. The average Bonchev–Trinajstić information content (AvgIpc) is 1.95. The van der Waals surface area contributed by atoms with E-state index in [9.17, 15) is 4.39 Å². The molecule has 0 aromatic heterocycles. The van der Waals surface area contributed by atoms with E-state index >= 15 is 0 Å². The standard InChI is InChI=1S/C9H11FN/c1-7-3-4-8(6-11-2)9(10)5-7/h3-5H,6H2,1-2H3/q-1. The van der Waals surface area contributed by atoms with E-state index in [1.165, 1.54) is 6.07 Å². The van der Waals surface area contributed by atoms with Gasteiger partial charge in [-0.05, 0) is 24.1 Å². The molecular weight excluding hydrogens is 141 g/mol. The van der Waals surface area contributed by atoms with Gasteiger partial charge in [0.1, 0.15) is 5.82 Å². The lowest BCUT2D eigenvalue weighted by atomic mass is 10.1. The van der Waals surface area contributed by atoms with Crippen molar-refractivity contribution in [2.75, 3.05) is 7.05 Å². The minimum atomic E-state index is -0.157. The van der Waals surface area contributed by atoms with E-state index in [2.05, 4.69) is 5.32 Å². The molecule has 0 N–H and O–H groups in total. The molecule has 0 unspecified atom stereocenters. The molecule has 1 aromatic rings. The molecule has 0 amide bonds. The zero-order chi connectivity index (χ0) is 8.27. The lowest BCUT2D eigenvalue weighted by Crippen LogP contribution is -1.89. The number of benzene rings is 1. The van der Waals surface area contributed by atoms with E-state index in [0.717, 1.165) is 5.56 Å². The molecule has 1 nitrogen and oxygen atoms in total. The summed E-state index contributed by atoms with van der Waals surface area (Å²) in [6.45, 7) is 2.34. The van der Waals surface area contributed by atoms with Crippen molar-refractivity contribution in [3.8, 4) is 0 Å². The van der Waals surface area contributed by atoms with Crippen LogP contribution < -0.4 is 0 Å². The predicted octanol–water partition coefficient (Wildman–Crippen LogP) is 2.64. The van der Waals surface area contributed by atoms with Crippen molar-refractivity contribution in [1.29, 1.82) is 0 Å². The van der Waals surface area contributed by atoms with Crippen molar-refractivity contribution in [3.05, 3.63) is 40.5 Å². The van der Waals surface area contributed by atoms with Crippen LogP contribution >= 0.6 is 0 Å². The molecule has 0 spiro atoms. The van der Waals surface area contributed by atoms with Crippen molar-refractivity contribution < 1.29 is 4.39 Å². The fourth-order valence-corrected chi connectivity index (χ4v) is 0.951. The maximum atomic E-state index is 13.0. The van der Waals surface area contributed by atoms with Gasteiger partial charge in [0.25, 0.3) is 0 Å². The first-order chi connectivity index (χ1) is 5.24. The van der Waals surface area contributed by atoms with E-state index in [1.54, 1.807) is 13.1 Å². The normalized spacial score (nSPS) is 10.1. The fraction of sp³-hybridized carbons (Fsp3) is 0.333. The van der Waals surface area contributed by atoms with Gasteiger partial charge >= 0.3 is 0 Å². The Morgan fingerprint density at radius 2 is 2.18 bits per heavy atom. The number of aryl methyl sites for hydroxylation is 1. The molecule has 0 saturated heterocycles. The summed E-state index contributed by atoms with van der Waals surface area (Å²) >= 11 is 0. The van der Waals surface area contributed by atoms with Crippen LogP contribution in [-0.4, -0.2) is 7.05 Å². The summed E-state index contributed by atoms with van der Waals surface area (Å²) in [5.41, 5.74) is 1.61. The lowest BCUT2D eigenvalue weighted by Gasteiger charge is -2.11. The highest BCUT2D eigenvalue weighted by molar-refractivity contribution is 5.24. The average molecular weight is 152 g/mol. The van der Waals surface area contributed by atoms with Gasteiger partial charge in [-0.3, -0.25) is 0 Å². The van der Waals surface area contributed by atoms with Crippen LogP contribution in [0.25, 0.3) is 5.32 Å². The number of hydrogen-bond donors (Lipinski definition) is 0. The third-order valence-corrected chi connectivity index (χ3v) is 1.54. The number of halogens is 1. The van der Waals surface area contributed by atoms with E-state index in [4.69, 9.17) is 0 Å². The van der Waals surface area contributed by atoms with Gasteiger partial charge in [0.05, 0.1) is 0 Å². The van der Waals surface area contributed by atoms with Crippen molar-refractivity contribution in [2.24, 2.45) is 0 Å². The van der Waals surface area contributed by atoms with Gasteiger partial charge in [0, 0.05) is 0 Å². The molecule has 0 aliphatic carbocycles. The van der Waals surface area contributed by atoms with Gasteiger partial charge in [-0.1, -0.05) is 12.1 Å². The Balaban J connectivity index is 2.90. The smallest absolute Gasteiger partial charge is 0.124 e. The van der Waals surface area contributed by atoms with Crippen molar-refractivity contribution in [3.63, 3.8) is 0 Å². The summed E-state index contributed by atoms with van der Waals surface area (Å²) in [5, 5.41) is 3.86. The Hall–Kier alpha value is -0.890. The molecule has 0 saturated carbocycles. The summed E-state index contributed by atoms with van der Waals surface area (Å²) in [6.07, 6.45) is 0. The summed E-state index contributed by atoms with van der Waals surface area (Å²) in [4.78, 5) is 0. The third kappa shape index (κ3) is 2.02. The summed E-state index contributed by atoms with van der Waals surface area (Å²) in [5.74, 6) is -0.157. The highest BCUT2D eigenvalue weighted by Gasteiger charge is 1.95. The minimum absolute atomic E-state index is 0.157. The maximum Gasteiger partial charge on any atom is 0.124 e. The van der Waals surface area contributed by atoms with E-state index in [0.29, 0.717) is 12.1 Å². The Morgan fingerprint density at radius 1 is 1.45 bits per heavy atom. The van der Waals surface area contributed by atoms with Crippen LogP contribution in [0, 0.1) is 12.7 Å². The number of rotatable bonds is 2. The molecule has 1 aromatic carbocycles. The van der Waals surface area contributed by atoms with Crippen LogP contribution in [0.1, 0.15) is 11.1 Å². The van der Waals surface area contributed by atoms with Gasteiger partial charge in [0.15, 0.2) is 0 Å². The van der Waals surface area contributed by atoms with Gasteiger partial charge in [-0.2, -0.15) is 7.05 Å². The third-order valence-electron chi connectivity index (χ3n) is 1.54. The summed E-state index contributed by atoms with van der Waals surface area (Å²) in [6, 6.07) is 5.20. The first-order valence-electron chi connectivity index (χ1n) is 3.54. The monoisotopic (exact) mass is 152 g/mol. The largest absolute Gasteiger partial charge is 0.661 e. The van der Waals surface area contributed by atoms with E-state index < -0.39 is 0 Å².